The fourth-order valence-corrected chi connectivity index (χ4v) is 2.06. The van der Waals surface area contributed by atoms with Crippen LogP contribution in [-0.2, 0) is 4.74 Å². The quantitative estimate of drug-likeness (QED) is 0.600. The van der Waals surface area contributed by atoms with Gasteiger partial charge in [0, 0.05) is 24.8 Å². The first kappa shape index (κ1) is 14.5. The van der Waals surface area contributed by atoms with Crippen LogP contribution in [0.25, 0.3) is 0 Å². The van der Waals surface area contributed by atoms with E-state index < -0.39 is 6.10 Å². The molecule has 1 heterocycles. The highest BCUT2D eigenvalue weighted by molar-refractivity contribution is 5.57. The molecule has 0 spiro atoms. The van der Waals surface area contributed by atoms with Crippen LogP contribution in [0.15, 0.2) is 18.2 Å². The van der Waals surface area contributed by atoms with Crippen molar-refractivity contribution < 1.29 is 19.3 Å². The third kappa shape index (κ3) is 3.56. The molecule has 1 aliphatic heterocycles. The third-order valence-corrected chi connectivity index (χ3v) is 3.03. The SMILES string of the molecule is C#CCOCC(O)CN(CC)c1ccc2c(c1)OCO2. The number of nitrogens with zero attached hydrogens (tertiary/aromatic N) is 1. The van der Waals surface area contributed by atoms with Crippen molar-refractivity contribution in [1.82, 2.24) is 0 Å². The summed E-state index contributed by atoms with van der Waals surface area (Å²) in [5, 5.41) is 9.94. The minimum Gasteiger partial charge on any atom is -0.454 e. The van der Waals surface area contributed by atoms with Crippen LogP contribution in [0, 0.1) is 12.3 Å². The Kier molecular flexibility index (Phi) is 5.10. The molecule has 2 rings (SSSR count). The van der Waals surface area contributed by atoms with Gasteiger partial charge in [-0.3, -0.25) is 0 Å². The van der Waals surface area contributed by atoms with Crippen molar-refractivity contribution >= 4 is 5.69 Å². The lowest BCUT2D eigenvalue weighted by atomic mass is 10.2. The number of benzene rings is 1. The molecule has 0 amide bonds. The number of hydrogen-bond acceptors (Lipinski definition) is 5. The summed E-state index contributed by atoms with van der Waals surface area (Å²) in [7, 11) is 0. The second-order valence-corrected chi connectivity index (χ2v) is 4.45. The zero-order valence-corrected chi connectivity index (χ0v) is 11.5. The van der Waals surface area contributed by atoms with Crippen molar-refractivity contribution in [1.29, 1.82) is 0 Å². The molecule has 0 bridgehead atoms. The molecule has 108 valence electrons. The maximum Gasteiger partial charge on any atom is 0.231 e. The molecule has 1 atom stereocenters. The molecule has 5 nitrogen and oxygen atoms in total. The summed E-state index contributed by atoms with van der Waals surface area (Å²) in [5.74, 6) is 3.86. The first-order valence-corrected chi connectivity index (χ1v) is 6.58. The number of aliphatic hydroxyl groups is 1. The fourth-order valence-electron chi connectivity index (χ4n) is 2.06. The van der Waals surface area contributed by atoms with E-state index in [1.54, 1.807) is 0 Å². The number of ether oxygens (including phenoxy) is 3. The van der Waals surface area contributed by atoms with Crippen molar-refractivity contribution in [3.63, 3.8) is 0 Å². The summed E-state index contributed by atoms with van der Waals surface area (Å²) in [6.07, 6.45) is 4.50. The normalized spacial score (nSPS) is 13.8. The van der Waals surface area contributed by atoms with Gasteiger partial charge in [0.1, 0.15) is 6.61 Å². The number of likely N-dealkylation sites (N-methyl/N-ethyl adjacent to an activating group) is 1. The van der Waals surface area contributed by atoms with E-state index in [9.17, 15) is 5.11 Å². The summed E-state index contributed by atoms with van der Waals surface area (Å²) >= 11 is 0. The molecule has 1 aromatic carbocycles. The molecule has 1 N–H and O–H groups in total. The van der Waals surface area contributed by atoms with E-state index in [0.29, 0.717) is 6.54 Å². The number of hydrogen-bond donors (Lipinski definition) is 1. The first-order chi connectivity index (χ1) is 9.74. The van der Waals surface area contributed by atoms with Gasteiger partial charge in [-0.05, 0) is 19.1 Å². The summed E-state index contributed by atoms with van der Waals surface area (Å²) in [4.78, 5) is 2.05. The molecule has 0 fully saturated rings. The van der Waals surface area contributed by atoms with Crippen molar-refractivity contribution in [2.24, 2.45) is 0 Å². The smallest absolute Gasteiger partial charge is 0.231 e. The van der Waals surface area contributed by atoms with Gasteiger partial charge in [0.25, 0.3) is 0 Å². The molecular formula is C15H19NO4. The van der Waals surface area contributed by atoms with Gasteiger partial charge in [0.2, 0.25) is 6.79 Å². The Morgan fingerprint density at radius 1 is 1.45 bits per heavy atom. The largest absolute Gasteiger partial charge is 0.454 e. The van der Waals surface area contributed by atoms with Crippen LogP contribution < -0.4 is 14.4 Å². The fraction of sp³-hybridized carbons (Fsp3) is 0.467. The van der Waals surface area contributed by atoms with Gasteiger partial charge >= 0.3 is 0 Å². The monoisotopic (exact) mass is 277 g/mol. The maximum atomic E-state index is 9.94. The van der Waals surface area contributed by atoms with Crippen LogP contribution >= 0.6 is 0 Å². The molecule has 5 heteroatoms. The number of aliphatic hydroxyl groups excluding tert-OH is 1. The highest BCUT2D eigenvalue weighted by Gasteiger charge is 2.17. The van der Waals surface area contributed by atoms with Crippen LogP contribution in [0.5, 0.6) is 11.5 Å². The highest BCUT2D eigenvalue weighted by Crippen LogP contribution is 2.35. The van der Waals surface area contributed by atoms with E-state index >= 15 is 0 Å². The summed E-state index contributed by atoms with van der Waals surface area (Å²) < 4.78 is 15.8. The van der Waals surface area contributed by atoms with Crippen molar-refractivity contribution in [2.45, 2.75) is 13.0 Å². The molecule has 0 aliphatic carbocycles. The van der Waals surface area contributed by atoms with Gasteiger partial charge < -0.3 is 24.2 Å². The van der Waals surface area contributed by atoms with E-state index in [4.69, 9.17) is 20.6 Å². The molecule has 0 saturated heterocycles. The first-order valence-electron chi connectivity index (χ1n) is 6.58. The highest BCUT2D eigenvalue weighted by atomic mass is 16.7. The predicted octanol–water partition coefficient (Wildman–Crippen LogP) is 1.25. The van der Waals surface area contributed by atoms with E-state index in [1.165, 1.54) is 0 Å². The van der Waals surface area contributed by atoms with Gasteiger partial charge in [0.15, 0.2) is 11.5 Å². The van der Waals surface area contributed by atoms with E-state index in [2.05, 4.69) is 5.92 Å². The van der Waals surface area contributed by atoms with E-state index in [0.717, 1.165) is 23.7 Å². The minimum absolute atomic E-state index is 0.215. The Morgan fingerprint density at radius 2 is 2.25 bits per heavy atom. The average molecular weight is 277 g/mol. The molecule has 1 aromatic rings. The lowest BCUT2D eigenvalue weighted by Gasteiger charge is -2.26. The number of terminal acetylenes is 1. The minimum atomic E-state index is -0.589. The Hall–Kier alpha value is -1.90. The Labute approximate surface area is 119 Å². The molecule has 0 saturated carbocycles. The topological polar surface area (TPSA) is 51.2 Å². The number of rotatable bonds is 7. The van der Waals surface area contributed by atoms with Crippen LogP contribution in [-0.4, -0.2) is 44.3 Å². The van der Waals surface area contributed by atoms with Gasteiger partial charge in [-0.1, -0.05) is 5.92 Å². The van der Waals surface area contributed by atoms with E-state index in [-0.39, 0.29) is 20.0 Å². The zero-order chi connectivity index (χ0) is 14.4. The maximum absolute atomic E-state index is 9.94. The molecule has 0 radical (unpaired) electrons. The van der Waals surface area contributed by atoms with Crippen LogP contribution in [0.2, 0.25) is 0 Å². The predicted molar refractivity (Wildman–Crippen MR) is 76.1 cm³/mol. The third-order valence-electron chi connectivity index (χ3n) is 3.03. The van der Waals surface area contributed by atoms with Crippen molar-refractivity contribution in [3.05, 3.63) is 18.2 Å². The second-order valence-electron chi connectivity index (χ2n) is 4.45. The van der Waals surface area contributed by atoms with Crippen molar-refractivity contribution in [3.8, 4) is 23.8 Å². The Morgan fingerprint density at radius 3 is 3.00 bits per heavy atom. The summed E-state index contributed by atoms with van der Waals surface area (Å²) in [6, 6.07) is 5.74. The number of fused-ring (bicyclic) bond motifs is 1. The molecule has 0 aromatic heterocycles. The lowest BCUT2D eigenvalue weighted by Crippen LogP contribution is -2.34. The van der Waals surface area contributed by atoms with Crippen LogP contribution in [0.1, 0.15) is 6.92 Å². The average Bonchev–Trinajstić information content (AvgIpc) is 2.92. The molecule has 20 heavy (non-hydrogen) atoms. The summed E-state index contributed by atoms with van der Waals surface area (Å²) in [6.45, 7) is 3.97. The summed E-state index contributed by atoms with van der Waals surface area (Å²) in [5.41, 5.74) is 0.979. The standard InChI is InChI=1S/C15H19NO4/c1-3-7-18-10-13(17)9-16(4-2)12-5-6-14-15(8-12)20-11-19-14/h1,5-6,8,13,17H,4,7,9-11H2,2H3. The molecular weight excluding hydrogens is 258 g/mol. The molecule has 1 aliphatic rings. The van der Waals surface area contributed by atoms with Crippen LogP contribution in [0.3, 0.4) is 0 Å². The van der Waals surface area contributed by atoms with Gasteiger partial charge in [0.05, 0.1) is 12.7 Å². The molecule has 1 unspecified atom stereocenters. The number of anilines is 1. The van der Waals surface area contributed by atoms with E-state index in [1.807, 2.05) is 30.0 Å². The lowest BCUT2D eigenvalue weighted by molar-refractivity contribution is 0.0554. The Bertz CT molecular complexity index is 483. The van der Waals surface area contributed by atoms with Gasteiger partial charge in [-0.2, -0.15) is 0 Å². The Balaban J connectivity index is 1.96. The van der Waals surface area contributed by atoms with Gasteiger partial charge in [-0.25, -0.2) is 0 Å². The van der Waals surface area contributed by atoms with Crippen LogP contribution in [0.4, 0.5) is 5.69 Å². The van der Waals surface area contributed by atoms with Crippen molar-refractivity contribution in [2.75, 3.05) is 38.0 Å². The zero-order valence-electron chi connectivity index (χ0n) is 11.5. The van der Waals surface area contributed by atoms with Gasteiger partial charge in [-0.15, -0.1) is 6.42 Å². The second kappa shape index (κ2) is 7.04.